The number of carbonyl (C=O) groups is 1. The number of piperidine rings is 1. The SMILES string of the molecule is O=C(Nc1ccc(F)c(F)c1)c1ccc(F)c(S(=O)(=O)N2CCC(O)C(F)(F)C2)c1. The Morgan fingerprint density at radius 1 is 1.07 bits per heavy atom. The van der Waals surface area contributed by atoms with E-state index in [-0.39, 0.29) is 11.3 Å². The second kappa shape index (κ2) is 7.93. The van der Waals surface area contributed by atoms with Gasteiger partial charge in [0, 0.05) is 23.9 Å². The van der Waals surface area contributed by atoms with Crippen LogP contribution in [0.2, 0.25) is 0 Å². The largest absolute Gasteiger partial charge is 0.387 e. The van der Waals surface area contributed by atoms with Crippen molar-refractivity contribution in [1.82, 2.24) is 4.31 Å². The fourth-order valence-corrected chi connectivity index (χ4v) is 4.42. The number of nitrogens with zero attached hydrogens (tertiary/aromatic N) is 1. The standard InChI is InChI=1S/C18H15F5N2O4S/c19-12-4-2-11(8-14(12)21)24-17(27)10-1-3-13(20)15(7-10)30(28,29)25-6-5-16(26)18(22,23)9-25/h1-4,7-8,16,26H,5-6,9H2,(H,24,27). The fraction of sp³-hybridized carbons (Fsp3) is 0.278. The summed E-state index contributed by atoms with van der Waals surface area (Å²) in [5.74, 6) is -8.33. The first-order valence-corrected chi connectivity index (χ1v) is 9.98. The minimum absolute atomic E-state index is 0.141. The monoisotopic (exact) mass is 450 g/mol. The van der Waals surface area contributed by atoms with Gasteiger partial charge in [0.25, 0.3) is 11.8 Å². The number of hydrogen-bond acceptors (Lipinski definition) is 4. The van der Waals surface area contributed by atoms with E-state index in [4.69, 9.17) is 0 Å². The summed E-state index contributed by atoms with van der Waals surface area (Å²) in [5.41, 5.74) is -0.499. The lowest BCUT2D eigenvalue weighted by Gasteiger charge is -2.35. The van der Waals surface area contributed by atoms with E-state index in [1.165, 1.54) is 0 Å². The van der Waals surface area contributed by atoms with E-state index in [0.717, 1.165) is 18.2 Å². The van der Waals surface area contributed by atoms with Crippen LogP contribution in [-0.4, -0.2) is 48.9 Å². The molecule has 6 nitrogen and oxygen atoms in total. The molecule has 1 atom stereocenters. The molecule has 1 aliphatic rings. The van der Waals surface area contributed by atoms with E-state index in [1.54, 1.807) is 0 Å². The molecule has 12 heteroatoms. The summed E-state index contributed by atoms with van der Waals surface area (Å²) >= 11 is 0. The molecule has 0 aliphatic carbocycles. The molecule has 162 valence electrons. The summed E-state index contributed by atoms with van der Waals surface area (Å²) in [6.45, 7) is -1.81. The number of aliphatic hydroxyl groups excluding tert-OH is 1. The number of carbonyl (C=O) groups excluding carboxylic acids is 1. The van der Waals surface area contributed by atoms with Crippen molar-refractivity contribution in [2.75, 3.05) is 18.4 Å². The van der Waals surface area contributed by atoms with E-state index in [9.17, 15) is 40.3 Å². The molecule has 1 fully saturated rings. The lowest BCUT2D eigenvalue weighted by atomic mass is 10.1. The van der Waals surface area contributed by atoms with E-state index in [2.05, 4.69) is 5.32 Å². The van der Waals surface area contributed by atoms with Gasteiger partial charge in [-0.3, -0.25) is 4.79 Å². The third-order valence-electron chi connectivity index (χ3n) is 4.52. The van der Waals surface area contributed by atoms with Crippen molar-refractivity contribution < 1.29 is 40.3 Å². The molecule has 0 radical (unpaired) electrons. The van der Waals surface area contributed by atoms with Crippen LogP contribution in [0.1, 0.15) is 16.8 Å². The number of anilines is 1. The van der Waals surface area contributed by atoms with Crippen LogP contribution in [-0.2, 0) is 10.0 Å². The number of benzene rings is 2. The zero-order valence-electron chi connectivity index (χ0n) is 15.1. The highest BCUT2D eigenvalue weighted by Crippen LogP contribution is 2.31. The van der Waals surface area contributed by atoms with Crippen molar-refractivity contribution in [3.63, 3.8) is 0 Å². The van der Waals surface area contributed by atoms with E-state index < -0.39 is 69.8 Å². The molecule has 0 saturated carbocycles. The lowest BCUT2D eigenvalue weighted by molar-refractivity contribution is -0.136. The smallest absolute Gasteiger partial charge is 0.286 e. The average Bonchev–Trinajstić information content (AvgIpc) is 2.67. The fourth-order valence-electron chi connectivity index (χ4n) is 2.86. The van der Waals surface area contributed by atoms with Crippen molar-refractivity contribution in [1.29, 1.82) is 0 Å². The van der Waals surface area contributed by atoms with Gasteiger partial charge in [-0.1, -0.05) is 0 Å². The Hall–Kier alpha value is -2.57. The molecule has 1 saturated heterocycles. The Balaban J connectivity index is 1.89. The van der Waals surface area contributed by atoms with E-state index >= 15 is 0 Å². The maximum Gasteiger partial charge on any atom is 0.286 e. The van der Waals surface area contributed by atoms with Gasteiger partial charge in [0.1, 0.15) is 16.8 Å². The number of hydrogen-bond donors (Lipinski definition) is 2. The third kappa shape index (κ3) is 4.30. The molecule has 1 amide bonds. The summed E-state index contributed by atoms with van der Waals surface area (Å²) in [6.07, 6.45) is -2.58. The maximum absolute atomic E-state index is 14.2. The molecule has 0 aromatic heterocycles. The Morgan fingerprint density at radius 3 is 2.37 bits per heavy atom. The minimum atomic E-state index is -4.75. The summed E-state index contributed by atoms with van der Waals surface area (Å²) in [4.78, 5) is 11.3. The molecule has 1 unspecified atom stereocenters. The minimum Gasteiger partial charge on any atom is -0.387 e. The summed E-state index contributed by atoms with van der Waals surface area (Å²) in [7, 11) is -4.75. The van der Waals surface area contributed by atoms with Gasteiger partial charge in [0.05, 0.1) is 6.54 Å². The van der Waals surface area contributed by atoms with Crippen LogP contribution in [0, 0.1) is 17.5 Å². The second-order valence-corrected chi connectivity index (χ2v) is 8.54. The summed E-state index contributed by atoms with van der Waals surface area (Å²) in [6, 6.07) is 4.77. The maximum atomic E-state index is 14.2. The van der Waals surface area contributed by atoms with Crippen molar-refractivity contribution in [2.45, 2.75) is 23.3 Å². The van der Waals surface area contributed by atoms with Crippen molar-refractivity contribution in [3.05, 3.63) is 59.4 Å². The molecule has 2 aromatic carbocycles. The highest BCUT2D eigenvalue weighted by Gasteiger charge is 2.47. The predicted molar refractivity (Wildman–Crippen MR) is 95.0 cm³/mol. The van der Waals surface area contributed by atoms with Crippen molar-refractivity contribution in [2.24, 2.45) is 0 Å². The number of rotatable bonds is 4. The van der Waals surface area contributed by atoms with Crippen LogP contribution in [0.25, 0.3) is 0 Å². The summed E-state index contributed by atoms with van der Waals surface area (Å²) in [5, 5.41) is 11.5. The molecule has 30 heavy (non-hydrogen) atoms. The molecular formula is C18H15F5N2O4S. The van der Waals surface area contributed by atoms with Crippen molar-refractivity contribution >= 4 is 21.6 Å². The first kappa shape index (κ1) is 22.1. The molecular weight excluding hydrogens is 435 g/mol. The number of amides is 1. The topological polar surface area (TPSA) is 86.7 Å². The molecule has 3 rings (SSSR count). The molecule has 1 heterocycles. The second-order valence-electron chi connectivity index (χ2n) is 6.63. The van der Waals surface area contributed by atoms with Gasteiger partial charge >= 0.3 is 0 Å². The van der Waals surface area contributed by atoms with Gasteiger partial charge in [-0.15, -0.1) is 0 Å². The highest BCUT2D eigenvalue weighted by molar-refractivity contribution is 7.89. The first-order valence-electron chi connectivity index (χ1n) is 8.54. The number of alkyl halides is 2. The number of nitrogens with one attached hydrogen (secondary N) is 1. The predicted octanol–water partition coefficient (Wildman–Crippen LogP) is 2.75. The number of halogens is 5. The Morgan fingerprint density at radius 2 is 1.73 bits per heavy atom. The van der Waals surface area contributed by atoms with Crippen LogP contribution in [0.4, 0.5) is 27.6 Å². The highest BCUT2D eigenvalue weighted by atomic mass is 32.2. The normalized spacial score (nSPS) is 19.5. The molecule has 1 aliphatic heterocycles. The quantitative estimate of drug-likeness (QED) is 0.702. The summed E-state index contributed by atoms with van der Waals surface area (Å²) < 4.78 is 93.6. The number of aliphatic hydroxyl groups is 1. The van der Waals surface area contributed by atoms with Gasteiger partial charge in [-0.2, -0.15) is 4.31 Å². The zero-order valence-corrected chi connectivity index (χ0v) is 15.9. The molecule has 2 aromatic rings. The van der Waals surface area contributed by atoms with Crippen LogP contribution in [0.5, 0.6) is 0 Å². The van der Waals surface area contributed by atoms with Crippen LogP contribution >= 0.6 is 0 Å². The van der Waals surface area contributed by atoms with Gasteiger partial charge in [0.15, 0.2) is 11.6 Å². The van der Waals surface area contributed by atoms with Crippen LogP contribution in [0.3, 0.4) is 0 Å². The van der Waals surface area contributed by atoms with Gasteiger partial charge in [-0.25, -0.2) is 30.4 Å². The van der Waals surface area contributed by atoms with Crippen LogP contribution < -0.4 is 5.32 Å². The van der Waals surface area contributed by atoms with Crippen LogP contribution in [0.15, 0.2) is 41.3 Å². The van der Waals surface area contributed by atoms with E-state index in [0.29, 0.717) is 22.5 Å². The first-order chi connectivity index (χ1) is 13.9. The van der Waals surface area contributed by atoms with Crippen molar-refractivity contribution in [3.8, 4) is 0 Å². The zero-order chi connectivity index (χ0) is 22.3. The third-order valence-corrected chi connectivity index (χ3v) is 6.38. The molecule has 0 spiro atoms. The molecule has 2 N–H and O–H groups in total. The lowest BCUT2D eigenvalue weighted by Crippen LogP contribution is -2.53. The van der Waals surface area contributed by atoms with Gasteiger partial charge in [0.2, 0.25) is 10.0 Å². The Labute approximate surface area is 168 Å². The van der Waals surface area contributed by atoms with Gasteiger partial charge < -0.3 is 10.4 Å². The van der Waals surface area contributed by atoms with E-state index in [1.807, 2.05) is 0 Å². The molecule has 0 bridgehead atoms. The average molecular weight is 450 g/mol. The Bertz CT molecular complexity index is 1090. The number of sulfonamides is 1. The van der Waals surface area contributed by atoms with Gasteiger partial charge in [-0.05, 0) is 36.8 Å². The Kier molecular flexibility index (Phi) is 5.85.